The van der Waals surface area contributed by atoms with Gasteiger partial charge in [-0.05, 0) is 24.1 Å². The number of hydrogen-bond acceptors (Lipinski definition) is 3. The predicted molar refractivity (Wildman–Crippen MR) is 53.9 cm³/mol. The molecule has 0 aliphatic carbocycles. The average molecular weight is 199 g/mol. The minimum Gasteiger partial charge on any atom is -0.311 e. The molecule has 4 heteroatoms. The number of hydrogen-bond donors (Lipinski definition) is 1. The molecule has 0 spiro atoms. The lowest BCUT2D eigenvalue weighted by Gasteiger charge is -2.15. The number of benzene rings is 1. The summed E-state index contributed by atoms with van der Waals surface area (Å²) in [5.41, 5.74) is 0. The van der Waals surface area contributed by atoms with E-state index in [4.69, 9.17) is 12.2 Å². The van der Waals surface area contributed by atoms with E-state index in [0.717, 1.165) is 4.32 Å². The first-order valence-corrected chi connectivity index (χ1v) is 5.14. The summed E-state index contributed by atoms with van der Waals surface area (Å²) in [6.07, 6.45) is 0. The van der Waals surface area contributed by atoms with Gasteiger partial charge in [0.05, 0.1) is 0 Å². The van der Waals surface area contributed by atoms with Gasteiger partial charge < -0.3 is 4.72 Å². The van der Waals surface area contributed by atoms with Crippen LogP contribution in [0.25, 0.3) is 0 Å². The van der Waals surface area contributed by atoms with Gasteiger partial charge in [0.2, 0.25) is 0 Å². The van der Waals surface area contributed by atoms with E-state index in [-0.39, 0.29) is 0 Å². The van der Waals surface area contributed by atoms with Crippen molar-refractivity contribution in [2.75, 3.05) is 0 Å². The van der Waals surface area contributed by atoms with Gasteiger partial charge in [0.15, 0.2) is 0 Å². The second kappa shape index (κ2) is 3.05. The second-order valence-corrected chi connectivity index (χ2v) is 4.61. The Morgan fingerprint density at radius 2 is 1.91 bits per heavy atom. The van der Waals surface area contributed by atoms with Gasteiger partial charge in [-0.2, -0.15) is 0 Å². The third-order valence-electron chi connectivity index (χ3n) is 1.30. The lowest BCUT2D eigenvalue weighted by atomic mass is 10.4. The van der Waals surface area contributed by atoms with Crippen molar-refractivity contribution >= 4 is 40.2 Å². The van der Waals surface area contributed by atoms with Crippen LogP contribution in [0.5, 0.6) is 0 Å². The van der Waals surface area contributed by atoms with Crippen molar-refractivity contribution in [2.24, 2.45) is 0 Å². The molecule has 0 bridgehead atoms. The van der Waals surface area contributed by atoms with Crippen LogP contribution in [0, 0.1) is 0 Å². The Morgan fingerprint density at radius 1 is 1.18 bits per heavy atom. The number of thioether (sulfide) groups is 1. The number of rotatable bonds is 0. The van der Waals surface area contributed by atoms with Gasteiger partial charge in [0.1, 0.15) is 4.32 Å². The average Bonchev–Trinajstić information content (AvgIpc) is 2.04. The van der Waals surface area contributed by atoms with Crippen molar-refractivity contribution in [3.05, 3.63) is 24.3 Å². The topological polar surface area (TPSA) is 12.0 Å². The molecule has 1 aromatic carbocycles. The molecule has 0 radical (unpaired) electrons. The first-order chi connectivity index (χ1) is 5.36. The van der Waals surface area contributed by atoms with E-state index in [1.165, 1.54) is 9.79 Å². The monoisotopic (exact) mass is 199 g/mol. The van der Waals surface area contributed by atoms with E-state index in [0.29, 0.717) is 0 Å². The molecule has 56 valence electrons. The van der Waals surface area contributed by atoms with Gasteiger partial charge in [-0.3, -0.25) is 0 Å². The Labute approximate surface area is 79.1 Å². The quantitative estimate of drug-likeness (QED) is 0.509. The normalized spacial score (nSPS) is 15.5. The Hall–Kier alpha value is -0.190. The first-order valence-electron chi connectivity index (χ1n) is 3.10. The second-order valence-electron chi connectivity index (χ2n) is 2.04. The molecule has 1 aliphatic heterocycles. The van der Waals surface area contributed by atoms with E-state index in [2.05, 4.69) is 16.9 Å². The van der Waals surface area contributed by atoms with Gasteiger partial charge in [0, 0.05) is 9.79 Å². The van der Waals surface area contributed by atoms with Crippen molar-refractivity contribution in [2.45, 2.75) is 9.79 Å². The van der Waals surface area contributed by atoms with Crippen molar-refractivity contribution in [1.82, 2.24) is 4.72 Å². The highest BCUT2D eigenvalue weighted by Gasteiger charge is 2.11. The molecule has 0 fully saturated rings. The molecule has 1 heterocycles. The van der Waals surface area contributed by atoms with Crippen LogP contribution in [-0.4, -0.2) is 4.32 Å². The highest BCUT2D eigenvalue weighted by atomic mass is 32.2. The molecule has 0 aromatic heterocycles. The molecule has 0 unspecified atom stereocenters. The summed E-state index contributed by atoms with van der Waals surface area (Å²) in [4.78, 5) is 2.51. The fraction of sp³-hybridized carbons (Fsp3) is 0. The van der Waals surface area contributed by atoms with E-state index < -0.39 is 0 Å². The van der Waals surface area contributed by atoms with Crippen LogP contribution in [0.2, 0.25) is 0 Å². The smallest absolute Gasteiger partial charge is 0.148 e. The van der Waals surface area contributed by atoms with Gasteiger partial charge >= 0.3 is 0 Å². The van der Waals surface area contributed by atoms with Gasteiger partial charge in [0.25, 0.3) is 0 Å². The van der Waals surface area contributed by atoms with Gasteiger partial charge in [-0.15, -0.1) is 0 Å². The van der Waals surface area contributed by atoms with E-state index in [1.54, 1.807) is 23.7 Å². The zero-order valence-electron chi connectivity index (χ0n) is 5.53. The SMILES string of the molecule is S=C1NSc2ccccc2S1. The maximum atomic E-state index is 5.01. The Kier molecular flexibility index (Phi) is 2.07. The first kappa shape index (κ1) is 7.46. The molecule has 0 atom stereocenters. The highest BCUT2D eigenvalue weighted by molar-refractivity contribution is 8.25. The zero-order chi connectivity index (χ0) is 7.68. The maximum Gasteiger partial charge on any atom is 0.148 e. The standard InChI is InChI=1S/C7H5NS3/c9-7-8-11-6-4-2-1-3-5(6)10-7/h1-4H,(H,8,9). The molecule has 1 nitrogen and oxygen atoms in total. The van der Waals surface area contributed by atoms with Crippen LogP contribution >= 0.6 is 35.9 Å². The zero-order valence-corrected chi connectivity index (χ0v) is 7.98. The predicted octanol–water partition coefficient (Wildman–Crippen LogP) is 2.67. The lowest BCUT2D eigenvalue weighted by molar-refractivity contribution is 1.24. The summed E-state index contributed by atoms with van der Waals surface area (Å²) >= 11 is 8.21. The molecule has 1 aliphatic rings. The summed E-state index contributed by atoms with van der Waals surface area (Å²) < 4.78 is 3.89. The molecule has 2 rings (SSSR count). The Morgan fingerprint density at radius 3 is 2.73 bits per heavy atom. The molecule has 1 N–H and O–H groups in total. The Balaban J connectivity index is 2.41. The van der Waals surface area contributed by atoms with Crippen LogP contribution in [0.15, 0.2) is 34.1 Å². The summed E-state index contributed by atoms with van der Waals surface area (Å²) in [7, 11) is 0. The largest absolute Gasteiger partial charge is 0.311 e. The highest BCUT2D eigenvalue weighted by Crippen LogP contribution is 2.34. The van der Waals surface area contributed by atoms with Crippen LogP contribution in [0.4, 0.5) is 0 Å². The molecule has 11 heavy (non-hydrogen) atoms. The molecular weight excluding hydrogens is 194 g/mol. The van der Waals surface area contributed by atoms with Crippen LogP contribution in [0.1, 0.15) is 0 Å². The third kappa shape index (κ3) is 1.52. The molecule has 1 aromatic rings. The van der Waals surface area contributed by atoms with E-state index in [9.17, 15) is 0 Å². The fourth-order valence-electron chi connectivity index (χ4n) is 0.836. The minimum atomic E-state index is 0.841. The van der Waals surface area contributed by atoms with Crippen molar-refractivity contribution in [1.29, 1.82) is 0 Å². The summed E-state index contributed by atoms with van der Waals surface area (Å²) in [6.45, 7) is 0. The van der Waals surface area contributed by atoms with Gasteiger partial charge in [-0.25, -0.2) is 0 Å². The van der Waals surface area contributed by atoms with Crippen molar-refractivity contribution in [3.63, 3.8) is 0 Å². The van der Waals surface area contributed by atoms with Crippen molar-refractivity contribution < 1.29 is 0 Å². The summed E-state index contributed by atoms with van der Waals surface area (Å²) in [5.74, 6) is 0. The number of fused-ring (bicyclic) bond motifs is 1. The summed E-state index contributed by atoms with van der Waals surface area (Å²) in [6, 6.07) is 8.23. The molecule has 0 amide bonds. The van der Waals surface area contributed by atoms with Crippen LogP contribution < -0.4 is 4.72 Å². The lowest BCUT2D eigenvalue weighted by Crippen LogP contribution is -2.12. The van der Waals surface area contributed by atoms with E-state index >= 15 is 0 Å². The molecule has 0 saturated carbocycles. The minimum absolute atomic E-state index is 0.841. The number of nitrogens with one attached hydrogen (secondary N) is 1. The van der Waals surface area contributed by atoms with E-state index in [1.807, 2.05) is 12.1 Å². The fourth-order valence-corrected chi connectivity index (χ4v) is 2.80. The molecule has 0 saturated heterocycles. The van der Waals surface area contributed by atoms with Crippen LogP contribution in [-0.2, 0) is 0 Å². The van der Waals surface area contributed by atoms with Crippen LogP contribution in [0.3, 0.4) is 0 Å². The number of thiocarbonyl (C=S) groups is 1. The molecular formula is C7H5NS3. The Bertz CT molecular complexity index is 297. The van der Waals surface area contributed by atoms with Crippen molar-refractivity contribution in [3.8, 4) is 0 Å². The maximum absolute atomic E-state index is 5.01. The van der Waals surface area contributed by atoms with Gasteiger partial charge in [-0.1, -0.05) is 36.1 Å². The third-order valence-corrected chi connectivity index (χ3v) is 3.78. The summed E-state index contributed by atoms with van der Waals surface area (Å²) in [5, 5.41) is 0.